The molecule has 2 atom stereocenters. The number of fused-ring (bicyclic) bond motifs is 2. The van der Waals surface area contributed by atoms with Crippen molar-refractivity contribution in [2.45, 2.75) is 48.9 Å². The molecule has 1 aliphatic carbocycles. The van der Waals surface area contributed by atoms with E-state index in [-0.39, 0.29) is 11.5 Å². The molecule has 2 aliphatic rings. The molecule has 1 nitrogen and oxygen atoms in total. The number of allylic oxidation sites excluding steroid dienone is 2. The van der Waals surface area contributed by atoms with Gasteiger partial charge in [0.25, 0.3) is 0 Å². The summed E-state index contributed by atoms with van der Waals surface area (Å²) in [7, 11) is 0. The first-order valence-corrected chi connectivity index (χ1v) is 7.73. The first kappa shape index (κ1) is 12.9. The van der Waals surface area contributed by atoms with Gasteiger partial charge in [0, 0.05) is 6.42 Å². The van der Waals surface area contributed by atoms with Gasteiger partial charge >= 0.3 is 0 Å². The van der Waals surface area contributed by atoms with Crippen molar-refractivity contribution >= 4 is 11.8 Å². The van der Waals surface area contributed by atoms with Crippen LogP contribution in [0.3, 0.4) is 0 Å². The Morgan fingerprint density at radius 2 is 2.05 bits per heavy atom. The third kappa shape index (κ3) is 2.59. The molecule has 0 spiro atoms. The van der Waals surface area contributed by atoms with Gasteiger partial charge in [0.15, 0.2) is 0 Å². The third-order valence-electron chi connectivity index (χ3n) is 3.63. The van der Waals surface area contributed by atoms with Crippen molar-refractivity contribution in [2.75, 3.05) is 0 Å². The molecular weight excluding hydrogens is 252 g/mol. The Balaban J connectivity index is 1.94. The maximum atomic E-state index is 6.16. The number of hydrogen-bond acceptors (Lipinski definition) is 2. The van der Waals surface area contributed by atoms with Crippen LogP contribution in [0.25, 0.3) is 0 Å². The van der Waals surface area contributed by atoms with Crippen molar-refractivity contribution in [3.63, 3.8) is 0 Å². The highest BCUT2D eigenvalue weighted by atomic mass is 32.2. The van der Waals surface area contributed by atoms with Crippen LogP contribution in [0.15, 0.2) is 47.4 Å². The van der Waals surface area contributed by atoms with Gasteiger partial charge in [-0.25, -0.2) is 0 Å². The van der Waals surface area contributed by atoms with E-state index in [1.54, 1.807) is 0 Å². The molecule has 2 unspecified atom stereocenters. The van der Waals surface area contributed by atoms with Crippen LogP contribution in [0.2, 0.25) is 0 Å². The fourth-order valence-electron chi connectivity index (χ4n) is 2.43. The van der Waals surface area contributed by atoms with Crippen molar-refractivity contribution in [2.24, 2.45) is 0 Å². The van der Waals surface area contributed by atoms with Gasteiger partial charge in [-0.1, -0.05) is 51.1 Å². The molecule has 0 saturated heterocycles. The number of hydrogen-bond donors (Lipinski definition) is 0. The summed E-state index contributed by atoms with van der Waals surface area (Å²) in [5.41, 5.74) is 1.56. The first-order valence-electron chi connectivity index (χ1n) is 6.85. The zero-order valence-electron chi connectivity index (χ0n) is 11.7. The van der Waals surface area contributed by atoms with Crippen LogP contribution >= 0.6 is 11.8 Å². The van der Waals surface area contributed by atoms with E-state index in [1.807, 2.05) is 11.8 Å². The Hall–Kier alpha value is -1.15. The summed E-state index contributed by atoms with van der Waals surface area (Å²) in [5.74, 6) is 1.04. The van der Waals surface area contributed by atoms with Crippen molar-refractivity contribution < 1.29 is 4.74 Å². The summed E-state index contributed by atoms with van der Waals surface area (Å²) in [6.45, 7) is 6.75. The molecule has 2 heteroatoms. The molecule has 100 valence electrons. The second kappa shape index (κ2) is 4.75. The van der Waals surface area contributed by atoms with E-state index < -0.39 is 0 Å². The maximum Gasteiger partial charge on any atom is 0.133 e. The second-order valence-electron chi connectivity index (χ2n) is 6.20. The van der Waals surface area contributed by atoms with E-state index in [9.17, 15) is 0 Å². The second-order valence-corrected chi connectivity index (χ2v) is 7.42. The quantitative estimate of drug-likeness (QED) is 0.675. The van der Waals surface area contributed by atoms with Crippen molar-refractivity contribution in [3.8, 4) is 5.75 Å². The summed E-state index contributed by atoms with van der Waals surface area (Å²) in [5, 5.41) is 0.428. The summed E-state index contributed by atoms with van der Waals surface area (Å²) in [6, 6.07) is 6.63. The van der Waals surface area contributed by atoms with Crippen LogP contribution in [0, 0.1) is 0 Å². The molecule has 0 saturated carbocycles. The van der Waals surface area contributed by atoms with Crippen LogP contribution in [0.1, 0.15) is 32.8 Å². The SMILES string of the molecule is CC(C)(C)c1ccc2c(c1)SC1C=CC=CCC1O2. The van der Waals surface area contributed by atoms with Crippen LogP contribution in [0.4, 0.5) is 0 Å². The molecule has 1 heterocycles. The predicted molar refractivity (Wildman–Crippen MR) is 82.1 cm³/mol. The Kier molecular flexibility index (Phi) is 3.22. The van der Waals surface area contributed by atoms with E-state index >= 15 is 0 Å². The molecule has 3 rings (SSSR count). The molecule has 0 radical (unpaired) electrons. The molecule has 1 aromatic carbocycles. The lowest BCUT2D eigenvalue weighted by Gasteiger charge is -2.31. The van der Waals surface area contributed by atoms with E-state index in [1.165, 1.54) is 10.5 Å². The van der Waals surface area contributed by atoms with Gasteiger partial charge in [0.05, 0.1) is 10.1 Å². The fourth-order valence-corrected chi connectivity index (χ4v) is 3.64. The van der Waals surface area contributed by atoms with Gasteiger partial charge in [-0.15, -0.1) is 11.8 Å². The minimum absolute atomic E-state index is 0.188. The average Bonchev–Trinajstić information content (AvgIpc) is 2.58. The normalized spacial score (nSPS) is 25.2. The molecule has 0 N–H and O–H groups in total. The lowest BCUT2D eigenvalue weighted by molar-refractivity contribution is 0.202. The molecule has 0 fully saturated rings. The first-order chi connectivity index (χ1) is 9.04. The molecule has 0 amide bonds. The maximum absolute atomic E-state index is 6.16. The van der Waals surface area contributed by atoms with E-state index in [4.69, 9.17) is 4.74 Å². The van der Waals surface area contributed by atoms with Crippen molar-refractivity contribution in [1.82, 2.24) is 0 Å². The summed E-state index contributed by atoms with van der Waals surface area (Å²) in [4.78, 5) is 1.28. The third-order valence-corrected chi connectivity index (χ3v) is 4.94. The Morgan fingerprint density at radius 3 is 2.84 bits per heavy atom. The number of rotatable bonds is 0. The Bertz CT molecular complexity index is 537. The zero-order valence-corrected chi connectivity index (χ0v) is 12.5. The van der Waals surface area contributed by atoms with Crippen LogP contribution in [0.5, 0.6) is 5.75 Å². The highest BCUT2D eigenvalue weighted by Gasteiger charge is 2.29. The lowest BCUT2D eigenvalue weighted by atomic mass is 9.87. The Morgan fingerprint density at radius 1 is 1.21 bits per heavy atom. The molecule has 1 aliphatic heterocycles. The topological polar surface area (TPSA) is 9.23 Å². The van der Waals surface area contributed by atoms with E-state index in [0.29, 0.717) is 5.25 Å². The van der Waals surface area contributed by atoms with Gasteiger partial charge in [-0.05, 0) is 23.1 Å². The number of benzene rings is 1. The Labute approximate surface area is 119 Å². The van der Waals surface area contributed by atoms with Crippen molar-refractivity contribution in [1.29, 1.82) is 0 Å². The van der Waals surface area contributed by atoms with Crippen LogP contribution in [-0.2, 0) is 5.41 Å². The minimum Gasteiger partial charge on any atom is -0.487 e. The highest BCUT2D eigenvalue weighted by Crippen LogP contribution is 2.43. The lowest BCUT2D eigenvalue weighted by Crippen LogP contribution is -2.30. The predicted octanol–water partition coefficient (Wildman–Crippen LogP) is 4.72. The average molecular weight is 272 g/mol. The van der Waals surface area contributed by atoms with Gasteiger partial charge in [0.2, 0.25) is 0 Å². The molecule has 0 aromatic heterocycles. The zero-order chi connectivity index (χ0) is 13.5. The highest BCUT2D eigenvalue weighted by molar-refractivity contribution is 8.00. The van der Waals surface area contributed by atoms with Gasteiger partial charge < -0.3 is 4.74 Å². The van der Waals surface area contributed by atoms with Crippen molar-refractivity contribution in [3.05, 3.63) is 48.1 Å². The standard InChI is InChI=1S/C17H20OS/c1-17(2,3)12-9-10-14-16(11-12)19-15-8-6-4-5-7-13(15)18-14/h4-6,8-11,13,15H,7H2,1-3H3. The molecule has 1 aromatic rings. The molecule has 0 bridgehead atoms. The number of thioether (sulfide) groups is 1. The fraction of sp³-hybridized carbons (Fsp3) is 0.412. The van der Waals surface area contributed by atoms with Gasteiger partial charge in [0.1, 0.15) is 11.9 Å². The van der Waals surface area contributed by atoms with Gasteiger partial charge in [-0.2, -0.15) is 0 Å². The number of ether oxygens (including phenoxy) is 1. The smallest absolute Gasteiger partial charge is 0.133 e. The summed E-state index contributed by atoms with van der Waals surface area (Å²) >= 11 is 1.93. The monoisotopic (exact) mass is 272 g/mol. The van der Waals surface area contributed by atoms with Crippen LogP contribution < -0.4 is 4.74 Å². The summed E-state index contributed by atoms with van der Waals surface area (Å²) < 4.78 is 6.16. The minimum atomic E-state index is 0.188. The summed E-state index contributed by atoms with van der Waals surface area (Å²) in [6.07, 6.45) is 9.97. The van der Waals surface area contributed by atoms with E-state index in [0.717, 1.165) is 12.2 Å². The largest absolute Gasteiger partial charge is 0.487 e. The van der Waals surface area contributed by atoms with Crippen LogP contribution in [-0.4, -0.2) is 11.4 Å². The molecule has 19 heavy (non-hydrogen) atoms. The van der Waals surface area contributed by atoms with E-state index in [2.05, 4.69) is 63.3 Å². The van der Waals surface area contributed by atoms with Gasteiger partial charge in [-0.3, -0.25) is 0 Å². The molecular formula is C17H20OS.